The Labute approximate surface area is 258 Å². The topological polar surface area (TPSA) is 106 Å². The molecule has 0 spiro atoms. The van der Waals surface area contributed by atoms with E-state index in [1.165, 1.54) is 10.9 Å². The van der Waals surface area contributed by atoms with E-state index in [-0.39, 0.29) is 35.8 Å². The largest absolute Gasteiger partial charge is 0.388 e. The fraction of sp³-hybridized carbons (Fsp3) is 0.375. The van der Waals surface area contributed by atoms with Crippen LogP contribution in [0.1, 0.15) is 41.2 Å². The number of hydrogen-bond donors (Lipinski definition) is 1. The molecule has 2 aliphatic heterocycles. The molecular formula is C32H35BrN6O4. The van der Waals surface area contributed by atoms with Gasteiger partial charge in [-0.1, -0.05) is 36.9 Å². The molecule has 0 saturated carbocycles. The molecule has 10 nitrogen and oxygen atoms in total. The van der Waals surface area contributed by atoms with Gasteiger partial charge in [-0.2, -0.15) is 0 Å². The molecule has 4 aromatic rings. The SMILES string of the molecule is C=Cn1c(Br)ccc1C(=O)N1CC[C@@H](C(=O)N2CCC(O)(Cn3cnc4c(ccn4C)c3=O)CC2)[C@H](c2ccccc2)C1. The van der Waals surface area contributed by atoms with Crippen LogP contribution >= 0.6 is 15.9 Å². The van der Waals surface area contributed by atoms with Gasteiger partial charge in [-0.25, -0.2) is 4.98 Å². The van der Waals surface area contributed by atoms with Gasteiger partial charge in [0.2, 0.25) is 5.91 Å². The highest BCUT2D eigenvalue weighted by Crippen LogP contribution is 2.36. The molecule has 2 fully saturated rings. The first-order valence-electron chi connectivity index (χ1n) is 14.5. The van der Waals surface area contributed by atoms with Gasteiger partial charge in [-0.3, -0.25) is 19.0 Å². The van der Waals surface area contributed by atoms with Crippen molar-refractivity contribution < 1.29 is 14.7 Å². The van der Waals surface area contributed by atoms with Gasteiger partial charge in [-0.15, -0.1) is 0 Å². The smallest absolute Gasteiger partial charge is 0.270 e. The maximum atomic E-state index is 14.0. The number of amides is 2. The Morgan fingerprint density at radius 3 is 2.56 bits per heavy atom. The molecule has 2 aliphatic rings. The molecule has 0 aliphatic carbocycles. The number of hydrogen-bond acceptors (Lipinski definition) is 5. The van der Waals surface area contributed by atoms with E-state index in [0.717, 1.165) is 10.2 Å². The first-order chi connectivity index (χ1) is 20.7. The Morgan fingerprint density at radius 1 is 1.09 bits per heavy atom. The second-order valence-corrected chi connectivity index (χ2v) is 12.5. The molecule has 3 aromatic heterocycles. The Bertz CT molecular complexity index is 1730. The monoisotopic (exact) mass is 646 g/mol. The normalized spacial score (nSPS) is 20.3. The van der Waals surface area contributed by atoms with Crippen molar-refractivity contribution in [3.8, 4) is 0 Å². The number of carbonyl (C=O) groups excluding carboxylic acids is 2. The lowest BCUT2D eigenvalue weighted by Crippen LogP contribution is -2.53. The van der Waals surface area contributed by atoms with Crippen molar-refractivity contribution >= 4 is 45.0 Å². The summed E-state index contributed by atoms with van der Waals surface area (Å²) in [6, 6.07) is 15.2. The minimum atomic E-state index is -1.12. The number of rotatable bonds is 6. The van der Waals surface area contributed by atoms with Gasteiger partial charge < -0.3 is 24.0 Å². The van der Waals surface area contributed by atoms with Gasteiger partial charge in [0.15, 0.2) is 0 Å². The summed E-state index contributed by atoms with van der Waals surface area (Å²) in [6.45, 7) is 5.64. The van der Waals surface area contributed by atoms with Crippen LogP contribution in [0.5, 0.6) is 0 Å². The molecule has 2 amide bonds. The van der Waals surface area contributed by atoms with Gasteiger partial charge in [0.25, 0.3) is 11.5 Å². The summed E-state index contributed by atoms with van der Waals surface area (Å²) in [4.78, 5) is 48.6. The van der Waals surface area contributed by atoms with Crippen LogP contribution in [0.4, 0.5) is 0 Å². The molecule has 11 heteroatoms. The van der Waals surface area contributed by atoms with Crippen LogP contribution in [0.15, 0.2) is 77.0 Å². The second kappa shape index (κ2) is 11.6. The van der Waals surface area contributed by atoms with Crippen molar-refractivity contribution in [2.24, 2.45) is 13.0 Å². The van der Waals surface area contributed by atoms with E-state index < -0.39 is 5.60 Å². The quantitative estimate of drug-likeness (QED) is 0.344. The third kappa shape index (κ3) is 5.47. The number of piperidine rings is 2. The van der Waals surface area contributed by atoms with E-state index in [9.17, 15) is 19.5 Å². The lowest BCUT2D eigenvalue weighted by atomic mass is 9.79. The van der Waals surface area contributed by atoms with Gasteiger partial charge >= 0.3 is 0 Å². The van der Waals surface area contributed by atoms with E-state index in [1.54, 1.807) is 33.7 Å². The van der Waals surface area contributed by atoms with E-state index in [0.29, 0.717) is 62.2 Å². The number of aryl methyl sites for hydroxylation is 1. The highest BCUT2D eigenvalue weighted by molar-refractivity contribution is 9.10. The summed E-state index contributed by atoms with van der Waals surface area (Å²) in [5, 5.41) is 11.9. The molecule has 0 unspecified atom stereocenters. The highest BCUT2D eigenvalue weighted by atomic mass is 79.9. The predicted molar refractivity (Wildman–Crippen MR) is 167 cm³/mol. The third-order valence-corrected chi connectivity index (χ3v) is 9.68. The number of halogens is 1. The molecule has 2 saturated heterocycles. The van der Waals surface area contributed by atoms with Crippen LogP contribution in [0.3, 0.4) is 0 Å². The van der Waals surface area contributed by atoms with Crippen LogP contribution in [-0.4, -0.2) is 77.2 Å². The number of nitrogens with zero attached hydrogens (tertiary/aromatic N) is 6. The number of likely N-dealkylation sites (tertiary alicyclic amines) is 2. The summed E-state index contributed by atoms with van der Waals surface area (Å²) in [6.07, 6.45) is 6.15. The molecule has 1 N–H and O–H groups in total. The second-order valence-electron chi connectivity index (χ2n) is 11.6. The highest BCUT2D eigenvalue weighted by Gasteiger charge is 2.42. The Hall–Kier alpha value is -3.96. The van der Waals surface area contributed by atoms with E-state index in [4.69, 9.17) is 0 Å². The Kier molecular flexibility index (Phi) is 7.87. The standard InChI is InChI=1S/C32H35BrN6O4/c1-3-39-26(9-10-27(39)33)31(42)37-16-12-23(25(19-37)22-7-5-4-6-8-22)29(40)36-17-13-32(43,14-18-36)20-38-21-34-28-24(30(38)41)11-15-35(28)2/h3-11,15,21,23,25,43H,1,12-14,16-20H2,2H3/t23-,25+/m1/s1. The Morgan fingerprint density at radius 2 is 1.84 bits per heavy atom. The number of fused-ring (bicyclic) bond motifs is 1. The summed E-state index contributed by atoms with van der Waals surface area (Å²) < 4.78 is 5.73. The van der Waals surface area contributed by atoms with Crippen molar-refractivity contribution in [1.29, 1.82) is 0 Å². The van der Waals surface area contributed by atoms with Gasteiger partial charge in [-0.05, 0) is 59.0 Å². The van der Waals surface area contributed by atoms with E-state index >= 15 is 0 Å². The fourth-order valence-electron chi connectivity index (χ4n) is 6.56. The van der Waals surface area contributed by atoms with Crippen LogP contribution in [0.25, 0.3) is 17.2 Å². The van der Waals surface area contributed by atoms with Crippen molar-refractivity contribution in [3.05, 3.63) is 93.8 Å². The van der Waals surface area contributed by atoms with Crippen molar-refractivity contribution in [3.63, 3.8) is 0 Å². The minimum Gasteiger partial charge on any atom is -0.388 e. The summed E-state index contributed by atoms with van der Waals surface area (Å²) in [5.74, 6) is -0.503. The van der Waals surface area contributed by atoms with Crippen molar-refractivity contribution in [2.75, 3.05) is 26.2 Å². The molecule has 0 bridgehead atoms. The molecular weight excluding hydrogens is 612 g/mol. The van der Waals surface area contributed by atoms with Gasteiger partial charge in [0.05, 0.1) is 22.1 Å². The van der Waals surface area contributed by atoms with Crippen molar-refractivity contribution in [1.82, 2.24) is 28.5 Å². The number of aliphatic hydroxyl groups is 1. The summed E-state index contributed by atoms with van der Waals surface area (Å²) >= 11 is 3.46. The number of benzene rings is 1. The summed E-state index contributed by atoms with van der Waals surface area (Å²) in [5.41, 5.74) is 0.854. The van der Waals surface area contributed by atoms with Crippen LogP contribution in [0, 0.1) is 5.92 Å². The molecule has 0 radical (unpaired) electrons. The van der Waals surface area contributed by atoms with Gasteiger partial charge in [0, 0.05) is 57.5 Å². The summed E-state index contributed by atoms with van der Waals surface area (Å²) in [7, 11) is 1.84. The molecule has 224 valence electrons. The molecule has 1 aromatic carbocycles. The van der Waals surface area contributed by atoms with Crippen LogP contribution < -0.4 is 5.56 Å². The molecule has 43 heavy (non-hydrogen) atoms. The first-order valence-corrected chi connectivity index (χ1v) is 15.3. The minimum absolute atomic E-state index is 0.0461. The average Bonchev–Trinajstić information content (AvgIpc) is 3.60. The number of aromatic nitrogens is 4. The van der Waals surface area contributed by atoms with E-state index in [1.807, 2.05) is 53.2 Å². The van der Waals surface area contributed by atoms with Crippen molar-refractivity contribution in [2.45, 2.75) is 37.3 Å². The predicted octanol–water partition coefficient (Wildman–Crippen LogP) is 3.70. The van der Waals surface area contributed by atoms with Crippen LogP contribution in [0.2, 0.25) is 0 Å². The fourth-order valence-corrected chi connectivity index (χ4v) is 7.03. The maximum Gasteiger partial charge on any atom is 0.270 e. The maximum absolute atomic E-state index is 14.0. The molecule has 6 rings (SSSR count). The zero-order valence-corrected chi connectivity index (χ0v) is 25.7. The molecule has 2 atom stereocenters. The lowest BCUT2D eigenvalue weighted by molar-refractivity contribution is -0.142. The third-order valence-electron chi connectivity index (χ3n) is 9.04. The Balaban J connectivity index is 1.16. The zero-order valence-electron chi connectivity index (χ0n) is 24.1. The van der Waals surface area contributed by atoms with Gasteiger partial charge in [0.1, 0.15) is 17.7 Å². The lowest BCUT2D eigenvalue weighted by Gasteiger charge is -2.43. The van der Waals surface area contributed by atoms with Crippen LogP contribution in [-0.2, 0) is 18.4 Å². The number of carbonyl (C=O) groups is 2. The molecule has 5 heterocycles. The van der Waals surface area contributed by atoms with E-state index in [2.05, 4.69) is 27.5 Å². The average molecular weight is 648 g/mol. The first kappa shape index (κ1) is 29.1. The zero-order chi connectivity index (χ0) is 30.3.